The Morgan fingerprint density at radius 3 is 0.552 bits per heavy atom. The van der Waals surface area contributed by atoms with Gasteiger partial charge in [-0.15, -0.1) is 92.8 Å². The maximum Gasteiger partial charge on any atom is 2.00 e. The number of halogens is 8. The van der Waals surface area contributed by atoms with E-state index in [0.717, 1.165) is 115 Å². The Hall–Kier alpha value is -8.20. The van der Waals surface area contributed by atoms with Gasteiger partial charge in [0, 0.05) is 48.7 Å². The molecule has 2 saturated heterocycles. The van der Waals surface area contributed by atoms with Crippen LogP contribution in [0.25, 0.3) is 89.0 Å². The molecule has 10 nitrogen and oxygen atoms in total. The third-order valence-electron chi connectivity index (χ3n) is 17.4. The van der Waals surface area contributed by atoms with Crippen LogP contribution in [0.3, 0.4) is 0 Å². The van der Waals surface area contributed by atoms with Crippen LogP contribution in [0.2, 0.25) is 0 Å². The molecule has 20 heteroatoms. The number of aromatic carboxylic acids is 4. The summed E-state index contributed by atoms with van der Waals surface area (Å²) in [7, 11) is 0. The molecule has 0 saturated carbocycles. The van der Waals surface area contributed by atoms with E-state index in [1.54, 1.807) is 0 Å². The molecule has 0 bridgehead atoms. The number of carboxylic acid groups (broad SMARTS) is 4. The van der Waals surface area contributed by atoms with E-state index in [1.807, 2.05) is 310 Å². The zero-order chi connectivity index (χ0) is 83.5. The van der Waals surface area contributed by atoms with Gasteiger partial charge in [0.2, 0.25) is 0 Å². The largest absolute Gasteiger partial charge is 2.00 e. The van der Waals surface area contributed by atoms with Gasteiger partial charge in [0.15, 0.2) is 0 Å². The molecule has 0 N–H and O–H groups in total. The monoisotopic (exact) mass is 1800 g/mol. The number of carboxylic acids is 4. The average molecular weight is 1800 g/mol. The molecule has 116 heavy (non-hydrogen) atoms. The van der Waals surface area contributed by atoms with Gasteiger partial charge in [-0.05, 0) is 170 Å². The first-order chi connectivity index (χ1) is 54.9. The number of benzene rings is 12. The van der Waals surface area contributed by atoms with Gasteiger partial charge in [-0.2, -0.15) is 0 Å². The van der Waals surface area contributed by atoms with Gasteiger partial charge in [0.25, 0.3) is 0 Å². The van der Waals surface area contributed by atoms with Crippen molar-refractivity contribution < 1.29 is 83.2 Å². The second kappa shape index (κ2) is 56.2. The Labute approximate surface area is 745 Å². The Morgan fingerprint density at radius 1 is 0.233 bits per heavy atom. The number of rotatable bonds is 12. The summed E-state index contributed by atoms with van der Waals surface area (Å²) in [6.45, 7) is 20.1. The molecule has 12 aromatic carbocycles. The second-order valence-electron chi connectivity index (χ2n) is 26.1. The summed E-state index contributed by atoms with van der Waals surface area (Å²) in [6.07, 6.45) is 5.11. The molecule has 0 unspecified atom stereocenters. The van der Waals surface area contributed by atoms with Crippen molar-refractivity contribution in [3.8, 4) is 89.0 Å². The first-order valence-corrected chi connectivity index (χ1v) is 40.7. The van der Waals surface area contributed by atoms with E-state index < -0.39 is 23.9 Å². The van der Waals surface area contributed by atoms with Crippen molar-refractivity contribution in [1.82, 2.24) is 0 Å². The quantitative estimate of drug-likeness (QED) is 0.0844. The Morgan fingerprint density at radius 2 is 0.397 bits per heavy atom. The first-order valence-electron chi connectivity index (χ1n) is 36.5. The number of carbonyl (C=O) groups is 4. The first kappa shape index (κ1) is 102. The van der Waals surface area contributed by atoms with E-state index in [0.29, 0.717) is 44.5 Å². The van der Waals surface area contributed by atoms with Crippen LogP contribution in [0.4, 0.5) is 0 Å². The van der Waals surface area contributed by atoms with Crippen molar-refractivity contribution in [1.29, 1.82) is 0 Å². The van der Waals surface area contributed by atoms with Crippen molar-refractivity contribution in [2.45, 2.75) is 81.1 Å². The number of hydrogen-bond acceptors (Lipinski definition) is 10. The smallest absolute Gasteiger partial charge is 0.545 e. The van der Waals surface area contributed by atoms with Crippen LogP contribution in [-0.2, 0) is 43.6 Å². The zero-order valence-corrected chi connectivity index (χ0v) is 74.0. The maximum atomic E-state index is 11.8. The Balaban J connectivity index is 0.000000365. The van der Waals surface area contributed by atoms with Gasteiger partial charge >= 0.3 is 34.1 Å². The van der Waals surface area contributed by atoms with Crippen molar-refractivity contribution >= 4 is 117 Å². The minimum Gasteiger partial charge on any atom is -0.545 e. The van der Waals surface area contributed by atoms with Crippen LogP contribution < -0.4 is 20.4 Å². The molecule has 608 valence electrons. The van der Waals surface area contributed by atoms with E-state index in [4.69, 9.17) is 102 Å². The summed E-state index contributed by atoms with van der Waals surface area (Å²) in [6, 6.07) is 84.8. The third kappa shape index (κ3) is 33.7. The fourth-order valence-electron chi connectivity index (χ4n) is 12.5. The summed E-state index contributed by atoms with van der Waals surface area (Å²) in [5.74, 6) is -4.62. The summed E-state index contributed by atoms with van der Waals surface area (Å²) in [5.41, 5.74) is 22.5. The topological polar surface area (TPSA) is 179 Å². The van der Waals surface area contributed by atoms with Gasteiger partial charge in [-0.1, -0.05) is 311 Å². The van der Waals surface area contributed by atoms with E-state index in [1.165, 1.54) is 25.7 Å². The fourth-order valence-corrected chi connectivity index (χ4v) is 12.5. The number of alkyl halides is 8. The normalized spacial score (nSPS) is 11.0. The molecular weight excluding hydrogens is 1710 g/mol. The molecule has 2 aliphatic heterocycles. The minimum absolute atomic E-state index is 0. The molecule has 2 aliphatic rings. The average Bonchev–Trinajstić information content (AvgIpc) is 0.875. The van der Waals surface area contributed by atoms with Gasteiger partial charge in [-0.25, -0.2) is 0 Å². The van der Waals surface area contributed by atoms with Crippen molar-refractivity contribution in [3.63, 3.8) is 0 Å². The minimum atomic E-state index is -1.16. The molecule has 12 aromatic rings. The Kier molecular flexibility index (Phi) is 49.4. The molecule has 0 radical (unpaired) electrons. The van der Waals surface area contributed by atoms with Gasteiger partial charge < -0.3 is 49.1 Å². The summed E-state index contributed by atoms with van der Waals surface area (Å²) in [5, 5.41) is 48.1. The molecular formula is C96H92Cl8Fe2O10. The summed E-state index contributed by atoms with van der Waals surface area (Å²) < 4.78 is 9.89. The van der Waals surface area contributed by atoms with Gasteiger partial charge in [0.1, 0.15) is 0 Å². The van der Waals surface area contributed by atoms with Crippen LogP contribution in [0.5, 0.6) is 0 Å². The number of ether oxygens (including phenoxy) is 2. The molecule has 0 spiro atoms. The number of hydrogen-bond donors (Lipinski definition) is 0. The van der Waals surface area contributed by atoms with Crippen LogP contribution in [0.1, 0.15) is 112 Å². The molecule has 14 rings (SSSR count). The number of carbonyl (C=O) groups excluding carboxylic acids is 4. The molecule has 0 atom stereocenters. The Bertz CT molecular complexity index is 4430. The molecule has 0 aliphatic carbocycles. The van der Waals surface area contributed by atoms with Crippen molar-refractivity contribution in [2.75, 3.05) is 47.8 Å². The van der Waals surface area contributed by atoms with Crippen molar-refractivity contribution in [2.24, 2.45) is 0 Å². The van der Waals surface area contributed by atoms with E-state index >= 15 is 0 Å². The van der Waals surface area contributed by atoms with Crippen LogP contribution in [0.15, 0.2) is 267 Å². The standard InChI is InChI=1S/4C21H18O2.2C4H8O.4CH2Cl2.2Fe/c2*1-14-6-10-16(11-7-14)18-4-3-5-19(20(18)21(22)23)17-12-8-15(2)9-13-17;2*1-14-11-15(2)13-17(12-14)19-10-6-9-18(20(19)21(22)23)16-7-4-3-5-8-16;2*1-2-4-5-3-1;4*2-1-3;;/h4*3-13H,1-2H3,(H,22,23);2*1-4H2;4*1H2;;/q;;;;;;;;;;2*+2/p-4. The maximum absolute atomic E-state index is 11.8. The van der Waals surface area contributed by atoms with Gasteiger partial charge in [0.05, 0.1) is 45.2 Å². The van der Waals surface area contributed by atoms with Crippen LogP contribution >= 0.6 is 92.8 Å². The second-order valence-corrected chi connectivity index (χ2v) is 29.3. The predicted molar refractivity (Wildman–Crippen MR) is 471 cm³/mol. The predicted octanol–water partition coefficient (Wildman–Crippen LogP) is 23.3. The van der Waals surface area contributed by atoms with Crippen LogP contribution in [0, 0.1) is 55.4 Å². The molecule has 2 heterocycles. The van der Waals surface area contributed by atoms with E-state index in [9.17, 15) is 39.6 Å². The van der Waals surface area contributed by atoms with Crippen LogP contribution in [-0.4, -0.2) is 71.7 Å². The zero-order valence-electron chi connectivity index (χ0n) is 65.7. The summed E-state index contributed by atoms with van der Waals surface area (Å²) in [4.78, 5) is 47.3. The summed E-state index contributed by atoms with van der Waals surface area (Å²) >= 11 is 38.1. The molecule has 2 fully saturated rings. The van der Waals surface area contributed by atoms with E-state index in [2.05, 4.69) is 12.1 Å². The van der Waals surface area contributed by atoms with E-state index in [-0.39, 0.29) is 77.7 Å². The van der Waals surface area contributed by atoms with Gasteiger partial charge in [-0.3, -0.25) is 0 Å². The third-order valence-corrected chi connectivity index (χ3v) is 17.4. The van der Waals surface area contributed by atoms with Crippen molar-refractivity contribution in [3.05, 3.63) is 334 Å². The number of aryl methyl sites for hydroxylation is 8. The molecule has 0 amide bonds. The SMILES string of the molecule is C1CCOC1.C1CCOC1.Cc1cc(C)cc(-c2cccc(-c3ccccc3)c2C(=O)[O-])c1.Cc1cc(C)cc(-c2cccc(-c3ccccc3)c2C(=O)[O-])c1.Cc1ccc(-c2cccc(-c3ccc(C)cc3)c2C(=O)[O-])cc1.Cc1ccc(-c2cccc(-c3ccc(C)cc3)c2C(=O)[O-])cc1.ClCCl.ClCCl.ClCCl.ClCCl.[Fe+2].[Fe+2]. The fraction of sp³-hybridized carbons (Fsp3) is 0.208. The molecule has 0 aromatic heterocycles.